The van der Waals surface area contributed by atoms with Crippen molar-refractivity contribution >= 4 is 33.7 Å². The van der Waals surface area contributed by atoms with E-state index in [1.165, 1.54) is 22.7 Å². The number of nitrogens with zero attached hydrogens (tertiary/aromatic N) is 4. The van der Waals surface area contributed by atoms with Crippen LogP contribution >= 0.6 is 22.7 Å². The fraction of sp³-hybridized carbons (Fsp3) is 0.158. The third-order valence-electron chi connectivity index (χ3n) is 3.97. The molecule has 0 spiro atoms. The molecule has 1 amide bonds. The normalized spacial score (nSPS) is 10.8. The molecule has 10 heteroatoms. The Morgan fingerprint density at radius 3 is 2.55 bits per heavy atom. The van der Waals surface area contributed by atoms with Crippen LogP contribution < -0.4 is 10.1 Å². The van der Waals surface area contributed by atoms with E-state index in [1.54, 1.807) is 14.2 Å². The number of hydrogen-bond acceptors (Lipinski definition) is 8. The van der Waals surface area contributed by atoms with Gasteiger partial charge in [0.1, 0.15) is 22.2 Å². The predicted octanol–water partition coefficient (Wildman–Crippen LogP) is 3.86. The van der Waals surface area contributed by atoms with Crippen molar-refractivity contribution in [3.63, 3.8) is 0 Å². The molecule has 0 aliphatic heterocycles. The van der Waals surface area contributed by atoms with Gasteiger partial charge in [-0.3, -0.25) is 10.1 Å². The fourth-order valence-corrected chi connectivity index (χ4v) is 4.28. The van der Waals surface area contributed by atoms with Crippen molar-refractivity contribution in [3.8, 4) is 22.1 Å². The van der Waals surface area contributed by atoms with Crippen LogP contribution in [-0.2, 0) is 11.3 Å². The van der Waals surface area contributed by atoms with Crippen LogP contribution in [0.5, 0.6) is 5.75 Å². The van der Waals surface area contributed by atoms with Gasteiger partial charge >= 0.3 is 0 Å². The minimum absolute atomic E-state index is 0.285. The quantitative estimate of drug-likeness (QED) is 0.482. The number of thiazole rings is 1. The number of anilines is 1. The van der Waals surface area contributed by atoms with E-state index in [9.17, 15) is 4.79 Å². The van der Waals surface area contributed by atoms with Gasteiger partial charge in [0.2, 0.25) is 5.13 Å². The smallest absolute Gasteiger partial charge is 0.269 e. The van der Waals surface area contributed by atoms with Crippen LogP contribution in [0.4, 0.5) is 5.13 Å². The van der Waals surface area contributed by atoms with Gasteiger partial charge in [0, 0.05) is 25.1 Å². The molecule has 0 unspecified atom stereocenters. The number of carbonyl (C=O) groups excluding carboxylic acids is 1. The lowest BCUT2D eigenvalue weighted by Crippen LogP contribution is -2.11. The van der Waals surface area contributed by atoms with Gasteiger partial charge in [0.05, 0.1) is 12.8 Å². The van der Waals surface area contributed by atoms with Crippen LogP contribution in [0.3, 0.4) is 0 Å². The van der Waals surface area contributed by atoms with E-state index >= 15 is 0 Å². The summed E-state index contributed by atoms with van der Waals surface area (Å²) in [5.41, 5.74) is 1.42. The van der Waals surface area contributed by atoms with Crippen LogP contribution in [0.15, 0.2) is 48.8 Å². The Morgan fingerprint density at radius 2 is 1.86 bits per heavy atom. The average molecular weight is 428 g/mol. The molecule has 0 saturated heterocycles. The highest BCUT2D eigenvalue weighted by Gasteiger charge is 2.21. The number of aromatic nitrogens is 4. The highest BCUT2D eigenvalue weighted by Crippen LogP contribution is 2.32. The highest BCUT2D eigenvalue weighted by molar-refractivity contribution is 7.17. The minimum Gasteiger partial charge on any atom is -0.497 e. The molecule has 4 rings (SSSR count). The number of hydrogen-bond donors (Lipinski definition) is 1. The zero-order valence-corrected chi connectivity index (χ0v) is 17.3. The van der Waals surface area contributed by atoms with Gasteiger partial charge in [-0.25, -0.2) is 4.98 Å². The molecule has 1 N–H and O–H groups in total. The van der Waals surface area contributed by atoms with Crippen molar-refractivity contribution in [1.29, 1.82) is 0 Å². The Hall–Kier alpha value is -3.08. The van der Waals surface area contributed by atoms with Crippen LogP contribution in [0, 0.1) is 0 Å². The third-order valence-corrected chi connectivity index (χ3v) is 5.85. The number of ether oxygens (including phenoxy) is 2. The summed E-state index contributed by atoms with van der Waals surface area (Å²) in [4.78, 5) is 18.2. The monoisotopic (exact) mass is 427 g/mol. The summed E-state index contributed by atoms with van der Waals surface area (Å²) in [6, 6.07) is 11.3. The Balaban J connectivity index is 1.68. The zero-order valence-electron chi connectivity index (χ0n) is 15.7. The van der Waals surface area contributed by atoms with Crippen molar-refractivity contribution in [2.24, 2.45) is 0 Å². The topological polar surface area (TPSA) is 91.2 Å². The summed E-state index contributed by atoms with van der Waals surface area (Å²) in [6.07, 6.45) is 3.78. The van der Waals surface area contributed by atoms with E-state index in [-0.39, 0.29) is 5.91 Å². The van der Waals surface area contributed by atoms with E-state index in [2.05, 4.69) is 15.5 Å². The maximum Gasteiger partial charge on any atom is 0.269 e. The van der Waals surface area contributed by atoms with E-state index in [0.29, 0.717) is 32.4 Å². The maximum absolute atomic E-state index is 13.0. The second kappa shape index (κ2) is 8.52. The first-order valence-electron chi connectivity index (χ1n) is 8.59. The molecule has 0 fully saturated rings. The number of amides is 1. The predicted molar refractivity (Wildman–Crippen MR) is 112 cm³/mol. The van der Waals surface area contributed by atoms with Crippen molar-refractivity contribution in [3.05, 3.63) is 58.7 Å². The third kappa shape index (κ3) is 4.19. The average Bonchev–Trinajstić information content (AvgIpc) is 3.49. The number of nitrogens with one attached hydrogen (secondary N) is 1. The summed E-state index contributed by atoms with van der Waals surface area (Å²) >= 11 is 2.58. The van der Waals surface area contributed by atoms with Gasteiger partial charge < -0.3 is 14.0 Å². The molecule has 148 valence electrons. The maximum atomic E-state index is 13.0. The van der Waals surface area contributed by atoms with E-state index < -0.39 is 0 Å². The molecular weight excluding hydrogens is 410 g/mol. The first kappa shape index (κ1) is 19.2. The Kier molecular flexibility index (Phi) is 5.65. The standard InChI is InChI=1S/C19H17N5O3S2/c1-26-11-14-22-23-18(28-14)21-17(25)16-15(12-5-7-13(27-2)8-6-12)20-19(29-16)24-9-3-4-10-24/h3-10H,11H2,1-2H3,(H,21,23,25). The lowest BCUT2D eigenvalue weighted by molar-refractivity contribution is 0.103. The van der Waals surface area contributed by atoms with Crippen molar-refractivity contribution in [2.45, 2.75) is 6.61 Å². The van der Waals surface area contributed by atoms with Crippen LogP contribution in [-0.4, -0.2) is 39.9 Å². The summed E-state index contributed by atoms with van der Waals surface area (Å²) < 4.78 is 12.1. The van der Waals surface area contributed by atoms with Crippen molar-refractivity contribution < 1.29 is 14.3 Å². The molecule has 3 aromatic heterocycles. The van der Waals surface area contributed by atoms with Gasteiger partial charge in [-0.1, -0.05) is 22.7 Å². The molecule has 0 saturated carbocycles. The molecule has 0 radical (unpaired) electrons. The van der Waals surface area contributed by atoms with E-state index in [1.807, 2.05) is 53.4 Å². The molecule has 0 aliphatic rings. The summed E-state index contributed by atoms with van der Waals surface area (Å²) in [7, 11) is 3.20. The number of methoxy groups -OCH3 is 2. The van der Waals surface area contributed by atoms with Gasteiger partial charge in [0.15, 0.2) is 5.13 Å². The minimum atomic E-state index is -0.285. The first-order valence-corrected chi connectivity index (χ1v) is 10.2. The molecule has 0 atom stereocenters. The summed E-state index contributed by atoms with van der Waals surface area (Å²) in [5.74, 6) is 0.451. The first-order chi connectivity index (χ1) is 14.2. The van der Waals surface area contributed by atoms with Crippen LogP contribution in [0.1, 0.15) is 14.7 Å². The second-order valence-electron chi connectivity index (χ2n) is 5.88. The SMILES string of the molecule is COCc1nnc(NC(=O)c2sc(-n3cccc3)nc2-c2ccc(OC)cc2)s1. The fourth-order valence-electron chi connectivity index (χ4n) is 2.62. The molecular formula is C19H17N5O3S2. The Morgan fingerprint density at radius 1 is 1.10 bits per heavy atom. The molecule has 0 aliphatic carbocycles. The van der Waals surface area contributed by atoms with Gasteiger partial charge in [-0.05, 0) is 36.4 Å². The van der Waals surface area contributed by atoms with E-state index in [0.717, 1.165) is 11.3 Å². The zero-order chi connectivity index (χ0) is 20.2. The Labute approximate surface area is 174 Å². The number of rotatable bonds is 7. The molecule has 29 heavy (non-hydrogen) atoms. The molecule has 8 nitrogen and oxygen atoms in total. The molecule has 4 aromatic rings. The Bertz CT molecular complexity index is 1100. The summed E-state index contributed by atoms with van der Waals surface area (Å²) in [5, 5.41) is 12.6. The second-order valence-corrected chi connectivity index (χ2v) is 7.92. The van der Waals surface area contributed by atoms with Crippen molar-refractivity contribution in [1.82, 2.24) is 19.7 Å². The molecule has 0 bridgehead atoms. The van der Waals surface area contributed by atoms with Gasteiger partial charge in [-0.2, -0.15) is 0 Å². The number of benzene rings is 1. The lowest BCUT2D eigenvalue weighted by atomic mass is 10.1. The van der Waals surface area contributed by atoms with Crippen LogP contribution in [0.2, 0.25) is 0 Å². The largest absolute Gasteiger partial charge is 0.497 e. The van der Waals surface area contributed by atoms with Gasteiger partial charge in [-0.15, -0.1) is 10.2 Å². The van der Waals surface area contributed by atoms with Gasteiger partial charge in [0.25, 0.3) is 5.91 Å². The lowest BCUT2D eigenvalue weighted by Gasteiger charge is -2.04. The number of carbonyl (C=O) groups is 1. The van der Waals surface area contributed by atoms with E-state index in [4.69, 9.17) is 14.5 Å². The van der Waals surface area contributed by atoms with Crippen LogP contribution in [0.25, 0.3) is 16.4 Å². The molecule has 3 heterocycles. The summed E-state index contributed by atoms with van der Waals surface area (Å²) in [6.45, 7) is 0.350. The van der Waals surface area contributed by atoms with Crippen molar-refractivity contribution in [2.75, 3.05) is 19.5 Å². The highest BCUT2D eigenvalue weighted by atomic mass is 32.1. The molecule has 1 aromatic carbocycles.